The van der Waals surface area contributed by atoms with E-state index < -0.39 is 5.60 Å². The molecule has 2 aliphatic rings. The lowest BCUT2D eigenvalue weighted by Crippen LogP contribution is -2.36. The van der Waals surface area contributed by atoms with Gasteiger partial charge in [-0.1, -0.05) is 12.1 Å². The standard InChI is InChI=1S/C18H26N2O2/c1-18(2,3)22-17(21)20-10-14-8-13(9-15(14)11-20)12-4-6-16(19)7-5-12/h4-7,13-15H,8-11,19H2,1-3H3/t13?,14-,15?/m1/s1. The van der Waals surface area contributed by atoms with Crippen molar-refractivity contribution in [1.29, 1.82) is 0 Å². The van der Waals surface area contributed by atoms with Crippen molar-refractivity contribution in [3.8, 4) is 0 Å². The first-order valence-corrected chi connectivity index (χ1v) is 8.15. The van der Waals surface area contributed by atoms with Gasteiger partial charge in [-0.05, 0) is 69.1 Å². The molecule has 1 aromatic carbocycles. The smallest absolute Gasteiger partial charge is 0.410 e. The number of nitrogens with two attached hydrogens (primary N) is 1. The van der Waals surface area contributed by atoms with Gasteiger partial charge < -0.3 is 15.4 Å². The third-order valence-electron chi connectivity index (χ3n) is 4.81. The number of anilines is 1. The molecular weight excluding hydrogens is 276 g/mol. The zero-order valence-corrected chi connectivity index (χ0v) is 13.7. The first-order valence-electron chi connectivity index (χ1n) is 8.15. The number of hydrogen-bond acceptors (Lipinski definition) is 3. The van der Waals surface area contributed by atoms with Crippen LogP contribution in [-0.4, -0.2) is 29.7 Å². The van der Waals surface area contributed by atoms with Crippen LogP contribution < -0.4 is 5.73 Å². The quantitative estimate of drug-likeness (QED) is 0.806. The average molecular weight is 302 g/mol. The normalized spacial score (nSPS) is 27.8. The minimum absolute atomic E-state index is 0.161. The van der Waals surface area contributed by atoms with E-state index in [1.165, 1.54) is 5.56 Å². The van der Waals surface area contributed by atoms with Gasteiger partial charge >= 0.3 is 6.09 Å². The van der Waals surface area contributed by atoms with Gasteiger partial charge in [0.05, 0.1) is 0 Å². The highest BCUT2D eigenvalue weighted by Gasteiger charge is 2.43. The van der Waals surface area contributed by atoms with Gasteiger partial charge in [0, 0.05) is 18.8 Å². The molecule has 3 rings (SSSR count). The SMILES string of the molecule is CC(C)(C)OC(=O)N1CC2CC(c3ccc(N)cc3)C[C@@H]2C1. The number of carbonyl (C=O) groups is 1. The second-order valence-electron chi connectivity index (χ2n) is 7.74. The second-order valence-corrected chi connectivity index (χ2v) is 7.74. The van der Waals surface area contributed by atoms with Crippen molar-refractivity contribution in [2.24, 2.45) is 11.8 Å². The fraction of sp³-hybridized carbons (Fsp3) is 0.611. The number of carbonyl (C=O) groups excluding carboxylic acids is 1. The Kier molecular flexibility index (Phi) is 3.79. The summed E-state index contributed by atoms with van der Waals surface area (Å²) in [6, 6.07) is 8.26. The third-order valence-corrected chi connectivity index (χ3v) is 4.81. The van der Waals surface area contributed by atoms with Crippen LogP contribution in [0.15, 0.2) is 24.3 Å². The Morgan fingerprint density at radius 1 is 1.14 bits per heavy atom. The van der Waals surface area contributed by atoms with Crippen LogP contribution in [0.5, 0.6) is 0 Å². The van der Waals surface area contributed by atoms with Crippen molar-refractivity contribution in [3.05, 3.63) is 29.8 Å². The first kappa shape index (κ1) is 15.2. The zero-order valence-electron chi connectivity index (χ0n) is 13.7. The molecule has 1 saturated heterocycles. The summed E-state index contributed by atoms with van der Waals surface area (Å²) < 4.78 is 5.48. The van der Waals surface area contributed by atoms with Crippen molar-refractivity contribution in [2.75, 3.05) is 18.8 Å². The number of nitrogen functional groups attached to an aromatic ring is 1. The van der Waals surface area contributed by atoms with Crippen LogP contribution in [0.1, 0.15) is 45.1 Å². The molecule has 120 valence electrons. The first-order chi connectivity index (χ1) is 10.3. The van der Waals surface area contributed by atoms with Crippen LogP contribution >= 0.6 is 0 Å². The molecule has 1 aliphatic heterocycles. The molecule has 1 saturated carbocycles. The monoisotopic (exact) mass is 302 g/mol. The Balaban J connectivity index is 1.58. The van der Waals surface area contributed by atoms with Crippen LogP contribution in [0.4, 0.5) is 10.5 Å². The Bertz CT molecular complexity index is 533. The van der Waals surface area contributed by atoms with Gasteiger partial charge in [-0.25, -0.2) is 4.79 Å². The Morgan fingerprint density at radius 3 is 2.18 bits per heavy atom. The molecule has 4 nitrogen and oxygen atoms in total. The molecule has 4 heteroatoms. The number of ether oxygens (including phenoxy) is 1. The molecular formula is C18H26N2O2. The van der Waals surface area contributed by atoms with Crippen molar-refractivity contribution in [3.63, 3.8) is 0 Å². The van der Waals surface area contributed by atoms with Gasteiger partial charge in [-0.15, -0.1) is 0 Å². The van der Waals surface area contributed by atoms with Crippen LogP contribution in [0, 0.1) is 11.8 Å². The minimum Gasteiger partial charge on any atom is -0.444 e. The molecule has 1 amide bonds. The lowest BCUT2D eigenvalue weighted by Gasteiger charge is -2.25. The van der Waals surface area contributed by atoms with Gasteiger partial charge in [-0.2, -0.15) is 0 Å². The number of rotatable bonds is 1. The molecule has 2 fully saturated rings. The van der Waals surface area contributed by atoms with E-state index in [1.807, 2.05) is 37.8 Å². The third kappa shape index (κ3) is 3.21. The van der Waals surface area contributed by atoms with E-state index in [0.717, 1.165) is 31.6 Å². The number of hydrogen-bond donors (Lipinski definition) is 1. The Labute approximate surface area is 132 Å². The van der Waals surface area contributed by atoms with Crippen molar-refractivity contribution >= 4 is 11.8 Å². The molecule has 2 unspecified atom stereocenters. The molecule has 0 radical (unpaired) electrons. The maximum Gasteiger partial charge on any atom is 0.410 e. The van der Waals surface area contributed by atoms with E-state index in [9.17, 15) is 4.79 Å². The minimum atomic E-state index is -0.415. The summed E-state index contributed by atoms with van der Waals surface area (Å²) in [4.78, 5) is 14.1. The summed E-state index contributed by atoms with van der Waals surface area (Å²) in [5.41, 5.74) is 7.55. The summed E-state index contributed by atoms with van der Waals surface area (Å²) >= 11 is 0. The lowest BCUT2D eigenvalue weighted by molar-refractivity contribution is 0.0279. The van der Waals surface area contributed by atoms with Gasteiger partial charge in [-0.3, -0.25) is 0 Å². The molecule has 2 N–H and O–H groups in total. The number of fused-ring (bicyclic) bond motifs is 1. The summed E-state index contributed by atoms with van der Waals surface area (Å²) in [7, 11) is 0. The number of benzene rings is 1. The van der Waals surface area contributed by atoms with Crippen molar-refractivity contribution in [2.45, 2.75) is 45.1 Å². The van der Waals surface area contributed by atoms with E-state index in [1.54, 1.807) is 0 Å². The Morgan fingerprint density at radius 2 is 1.68 bits per heavy atom. The average Bonchev–Trinajstić information content (AvgIpc) is 2.95. The fourth-order valence-electron chi connectivity index (χ4n) is 3.82. The van der Waals surface area contributed by atoms with Gasteiger partial charge in [0.25, 0.3) is 0 Å². The van der Waals surface area contributed by atoms with E-state index in [2.05, 4.69) is 12.1 Å². The molecule has 1 aliphatic carbocycles. The van der Waals surface area contributed by atoms with Crippen LogP contribution in [-0.2, 0) is 4.74 Å². The molecule has 1 aromatic rings. The van der Waals surface area contributed by atoms with Gasteiger partial charge in [0.1, 0.15) is 5.60 Å². The van der Waals surface area contributed by atoms with Crippen molar-refractivity contribution in [1.82, 2.24) is 4.90 Å². The summed E-state index contributed by atoms with van der Waals surface area (Å²) in [6.07, 6.45) is 2.16. The highest BCUT2D eigenvalue weighted by Crippen LogP contribution is 2.46. The predicted molar refractivity (Wildman–Crippen MR) is 87.6 cm³/mol. The topological polar surface area (TPSA) is 55.6 Å². The zero-order chi connectivity index (χ0) is 15.9. The molecule has 0 aromatic heterocycles. The van der Waals surface area contributed by atoms with E-state index in [4.69, 9.17) is 10.5 Å². The van der Waals surface area contributed by atoms with Gasteiger partial charge in [0.2, 0.25) is 0 Å². The maximum absolute atomic E-state index is 12.2. The molecule has 0 spiro atoms. The van der Waals surface area contributed by atoms with E-state index >= 15 is 0 Å². The van der Waals surface area contributed by atoms with Gasteiger partial charge in [0.15, 0.2) is 0 Å². The number of likely N-dealkylation sites (tertiary alicyclic amines) is 1. The molecule has 22 heavy (non-hydrogen) atoms. The number of amides is 1. The highest BCUT2D eigenvalue weighted by molar-refractivity contribution is 5.68. The van der Waals surface area contributed by atoms with E-state index in [0.29, 0.717) is 17.8 Å². The lowest BCUT2D eigenvalue weighted by atomic mass is 9.96. The summed E-state index contributed by atoms with van der Waals surface area (Å²) in [5.74, 6) is 1.82. The van der Waals surface area contributed by atoms with E-state index in [-0.39, 0.29) is 6.09 Å². The molecule has 1 heterocycles. The molecule has 3 atom stereocenters. The fourth-order valence-corrected chi connectivity index (χ4v) is 3.82. The summed E-state index contributed by atoms with van der Waals surface area (Å²) in [6.45, 7) is 7.42. The van der Waals surface area contributed by atoms with Crippen LogP contribution in [0.3, 0.4) is 0 Å². The second kappa shape index (κ2) is 5.49. The summed E-state index contributed by atoms with van der Waals surface area (Å²) in [5, 5.41) is 0. The highest BCUT2D eigenvalue weighted by atomic mass is 16.6. The van der Waals surface area contributed by atoms with Crippen LogP contribution in [0.2, 0.25) is 0 Å². The van der Waals surface area contributed by atoms with Crippen molar-refractivity contribution < 1.29 is 9.53 Å². The predicted octanol–water partition coefficient (Wildman–Crippen LogP) is 3.63. The largest absolute Gasteiger partial charge is 0.444 e. The molecule has 0 bridgehead atoms. The maximum atomic E-state index is 12.2. The number of nitrogens with zero attached hydrogens (tertiary/aromatic N) is 1. The van der Waals surface area contributed by atoms with Crippen LogP contribution in [0.25, 0.3) is 0 Å². The Hall–Kier alpha value is -1.71.